The van der Waals surface area contributed by atoms with Gasteiger partial charge in [0.1, 0.15) is 17.1 Å². The summed E-state index contributed by atoms with van der Waals surface area (Å²) in [6.45, 7) is 1.48. The van der Waals surface area contributed by atoms with Gasteiger partial charge in [0.05, 0.1) is 7.11 Å². The zero-order valence-electron chi connectivity index (χ0n) is 10.9. The number of carbonyl (C=O) groups is 2. The number of esters is 1. The van der Waals surface area contributed by atoms with Crippen molar-refractivity contribution in [2.45, 2.75) is 25.6 Å². The molecule has 0 spiro atoms. The molecule has 0 aromatic heterocycles. The van der Waals surface area contributed by atoms with Crippen molar-refractivity contribution in [2.75, 3.05) is 7.11 Å². The summed E-state index contributed by atoms with van der Waals surface area (Å²) >= 11 is 0. The Kier molecular flexibility index (Phi) is 3.90. The van der Waals surface area contributed by atoms with Crippen molar-refractivity contribution in [3.05, 3.63) is 29.3 Å². The molecule has 0 bridgehead atoms. The first-order valence-electron chi connectivity index (χ1n) is 6.07. The molecule has 1 aliphatic rings. The molecule has 0 fully saturated rings. The Morgan fingerprint density at radius 2 is 2.26 bits per heavy atom. The van der Waals surface area contributed by atoms with Gasteiger partial charge in [-0.05, 0) is 25.0 Å². The van der Waals surface area contributed by atoms with Crippen LogP contribution < -0.4 is 4.65 Å². The van der Waals surface area contributed by atoms with E-state index in [1.165, 1.54) is 14.0 Å². The molecule has 0 aliphatic carbocycles. The number of ketones is 1. The predicted molar refractivity (Wildman–Crippen MR) is 69.1 cm³/mol. The van der Waals surface area contributed by atoms with Gasteiger partial charge in [-0.2, -0.15) is 0 Å². The number of carbonyl (C=O) groups excluding carboxylic acids is 2. The van der Waals surface area contributed by atoms with Crippen molar-refractivity contribution >= 4 is 18.9 Å². The van der Waals surface area contributed by atoms with Crippen LogP contribution in [0, 0.1) is 0 Å². The Morgan fingerprint density at radius 1 is 1.53 bits per heavy atom. The van der Waals surface area contributed by atoms with Crippen LogP contribution in [0.25, 0.3) is 0 Å². The van der Waals surface area contributed by atoms with Gasteiger partial charge in [0, 0.05) is 12.2 Å². The fourth-order valence-electron chi connectivity index (χ4n) is 2.30. The molecule has 1 aliphatic heterocycles. The highest BCUT2D eigenvalue weighted by Gasteiger charge is 2.37. The SMILES string of the molecule is COC(=O)c1cccc2c1OB(O)[C@@H](CC(C)=O)C2. The van der Waals surface area contributed by atoms with Crippen LogP contribution >= 0.6 is 0 Å². The maximum atomic E-state index is 11.6. The predicted octanol–water partition coefficient (Wildman–Crippen LogP) is 1.24. The number of benzene rings is 1. The summed E-state index contributed by atoms with van der Waals surface area (Å²) < 4.78 is 10.1. The minimum atomic E-state index is -1.08. The summed E-state index contributed by atoms with van der Waals surface area (Å²) in [5, 5.41) is 9.92. The topological polar surface area (TPSA) is 72.8 Å². The zero-order chi connectivity index (χ0) is 14.0. The number of fused-ring (bicyclic) bond motifs is 1. The molecule has 1 atom stereocenters. The molecule has 1 aromatic carbocycles. The average molecular weight is 262 g/mol. The second kappa shape index (κ2) is 5.44. The fraction of sp³-hybridized carbons (Fsp3) is 0.385. The molecule has 0 amide bonds. The van der Waals surface area contributed by atoms with Crippen LogP contribution in [-0.4, -0.2) is 31.0 Å². The number of ether oxygens (including phenoxy) is 1. The molecule has 5 nitrogen and oxygen atoms in total. The summed E-state index contributed by atoms with van der Waals surface area (Å²) in [6, 6.07) is 5.14. The first-order chi connectivity index (χ1) is 9.02. The van der Waals surface area contributed by atoms with Gasteiger partial charge in [-0.3, -0.25) is 0 Å². The van der Waals surface area contributed by atoms with Gasteiger partial charge in [0.25, 0.3) is 0 Å². The quantitative estimate of drug-likeness (QED) is 0.655. The van der Waals surface area contributed by atoms with Gasteiger partial charge >= 0.3 is 13.1 Å². The van der Waals surface area contributed by atoms with E-state index >= 15 is 0 Å². The highest BCUT2D eigenvalue weighted by atomic mass is 16.5. The standard InChI is InChI=1S/C13H15BO5/c1-8(15)6-10-7-9-4-3-5-11(13(16)18-2)12(9)19-14(10)17/h3-5,10,17H,6-7H2,1-2H3/t10-/m0/s1. The van der Waals surface area contributed by atoms with Gasteiger partial charge < -0.3 is 19.2 Å². The first kappa shape index (κ1) is 13.6. The average Bonchev–Trinajstić information content (AvgIpc) is 2.37. The summed E-state index contributed by atoms with van der Waals surface area (Å²) in [7, 11) is 0.210. The van der Waals surface area contributed by atoms with Crippen molar-refractivity contribution in [1.82, 2.24) is 0 Å². The molecule has 0 saturated carbocycles. The van der Waals surface area contributed by atoms with E-state index in [4.69, 9.17) is 4.65 Å². The highest BCUT2D eigenvalue weighted by Crippen LogP contribution is 2.36. The Balaban J connectivity index is 2.32. The Hall–Kier alpha value is -1.82. The molecule has 1 heterocycles. The number of hydrogen-bond acceptors (Lipinski definition) is 5. The van der Waals surface area contributed by atoms with E-state index in [1.807, 2.05) is 6.07 Å². The van der Waals surface area contributed by atoms with Crippen molar-refractivity contribution in [3.8, 4) is 5.75 Å². The van der Waals surface area contributed by atoms with Crippen molar-refractivity contribution in [2.24, 2.45) is 0 Å². The fourth-order valence-corrected chi connectivity index (χ4v) is 2.30. The van der Waals surface area contributed by atoms with Gasteiger partial charge in [-0.15, -0.1) is 0 Å². The Morgan fingerprint density at radius 3 is 2.89 bits per heavy atom. The molecule has 0 radical (unpaired) electrons. The molecule has 1 aromatic rings. The smallest absolute Gasteiger partial charge is 0.526 e. The number of hydrogen-bond donors (Lipinski definition) is 1. The summed E-state index contributed by atoms with van der Waals surface area (Å²) in [4.78, 5) is 22.8. The van der Waals surface area contributed by atoms with Gasteiger partial charge in [-0.1, -0.05) is 12.1 Å². The van der Waals surface area contributed by atoms with Crippen LogP contribution in [0.4, 0.5) is 0 Å². The van der Waals surface area contributed by atoms with Gasteiger partial charge in [0.15, 0.2) is 0 Å². The third-order valence-electron chi connectivity index (χ3n) is 3.18. The van der Waals surface area contributed by atoms with Crippen molar-refractivity contribution in [1.29, 1.82) is 0 Å². The maximum absolute atomic E-state index is 11.6. The van der Waals surface area contributed by atoms with E-state index in [-0.39, 0.29) is 18.0 Å². The van der Waals surface area contributed by atoms with Crippen LogP contribution in [0.15, 0.2) is 18.2 Å². The minimum absolute atomic E-state index is 0.000206. The summed E-state index contributed by atoms with van der Waals surface area (Å²) in [5.74, 6) is -0.436. The van der Waals surface area contributed by atoms with E-state index in [0.717, 1.165) is 5.56 Å². The van der Waals surface area contributed by atoms with Gasteiger partial charge in [0.2, 0.25) is 0 Å². The van der Waals surface area contributed by atoms with E-state index < -0.39 is 13.1 Å². The molecular weight excluding hydrogens is 247 g/mol. The van der Waals surface area contributed by atoms with Crippen LogP contribution in [-0.2, 0) is 16.0 Å². The molecule has 0 unspecified atom stereocenters. The number of Topliss-reactive ketones (excluding diaryl/α,β-unsaturated/α-hetero) is 1. The largest absolute Gasteiger partial charge is 0.535 e. The van der Waals surface area contributed by atoms with Gasteiger partial charge in [-0.25, -0.2) is 4.79 Å². The van der Waals surface area contributed by atoms with Crippen LogP contribution in [0.1, 0.15) is 29.3 Å². The second-order valence-electron chi connectivity index (χ2n) is 4.66. The van der Waals surface area contributed by atoms with Crippen molar-refractivity contribution < 1.29 is 24.0 Å². The lowest BCUT2D eigenvalue weighted by Crippen LogP contribution is -2.35. The lowest BCUT2D eigenvalue weighted by molar-refractivity contribution is -0.117. The highest BCUT2D eigenvalue weighted by molar-refractivity contribution is 6.46. The maximum Gasteiger partial charge on any atom is 0.526 e. The zero-order valence-corrected chi connectivity index (χ0v) is 10.9. The minimum Gasteiger partial charge on any atom is -0.535 e. The summed E-state index contributed by atoms with van der Waals surface area (Å²) in [5.41, 5.74) is 1.10. The van der Waals surface area contributed by atoms with Crippen LogP contribution in [0.5, 0.6) is 5.75 Å². The molecule has 2 rings (SSSR count). The second-order valence-corrected chi connectivity index (χ2v) is 4.66. The monoisotopic (exact) mass is 262 g/mol. The lowest BCUT2D eigenvalue weighted by atomic mass is 9.64. The first-order valence-corrected chi connectivity index (χ1v) is 6.07. The third-order valence-corrected chi connectivity index (χ3v) is 3.18. The Bertz CT molecular complexity index is 514. The van der Waals surface area contributed by atoms with Crippen LogP contribution in [0.3, 0.4) is 0 Å². The normalized spacial score (nSPS) is 17.4. The van der Waals surface area contributed by atoms with E-state index in [0.29, 0.717) is 17.7 Å². The molecule has 100 valence electrons. The van der Waals surface area contributed by atoms with Crippen molar-refractivity contribution in [3.63, 3.8) is 0 Å². The Labute approximate surface area is 111 Å². The molecule has 1 N–H and O–H groups in total. The van der Waals surface area contributed by atoms with E-state index in [9.17, 15) is 14.6 Å². The van der Waals surface area contributed by atoms with E-state index in [1.54, 1.807) is 12.1 Å². The molecule has 19 heavy (non-hydrogen) atoms. The third kappa shape index (κ3) is 2.79. The summed E-state index contributed by atoms with van der Waals surface area (Å²) in [6.07, 6.45) is 0.754. The van der Waals surface area contributed by atoms with E-state index in [2.05, 4.69) is 4.74 Å². The molecule has 6 heteroatoms. The number of para-hydroxylation sites is 1. The van der Waals surface area contributed by atoms with Crippen LogP contribution in [0.2, 0.25) is 5.82 Å². The lowest BCUT2D eigenvalue weighted by Gasteiger charge is -2.27. The number of rotatable bonds is 3. The molecular formula is C13H15BO5. The number of methoxy groups -OCH3 is 1. The molecule has 0 saturated heterocycles.